The standard InChI is InChI=1S/C19H23N3O2/c1-13-9-14(2)11-17(10-13)21-16-3-4-18(20-12-16)22-19(23)15-5-7-24-8-6-15/h3-4,9-12,15,21H,5-8H2,1-2H3,(H,20,22,23). The Balaban J connectivity index is 1.61. The van der Waals surface area contributed by atoms with Gasteiger partial charge in [0.25, 0.3) is 0 Å². The Labute approximate surface area is 142 Å². The SMILES string of the molecule is Cc1cc(C)cc(Nc2ccc(NC(=O)C3CCOCC3)nc2)c1. The molecule has 1 saturated heterocycles. The van der Waals surface area contributed by atoms with Gasteiger partial charge in [0.2, 0.25) is 5.91 Å². The molecule has 0 atom stereocenters. The van der Waals surface area contributed by atoms with Crippen LogP contribution in [-0.2, 0) is 9.53 Å². The minimum absolute atomic E-state index is 0.0219. The topological polar surface area (TPSA) is 63.2 Å². The van der Waals surface area contributed by atoms with Gasteiger partial charge in [0.05, 0.1) is 11.9 Å². The molecule has 0 bridgehead atoms. The highest BCUT2D eigenvalue weighted by atomic mass is 16.5. The van der Waals surface area contributed by atoms with Crippen LogP contribution < -0.4 is 10.6 Å². The Hall–Kier alpha value is -2.40. The number of rotatable bonds is 4. The van der Waals surface area contributed by atoms with Crippen LogP contribution in [0.3, 0.4) is 0 Å². The molecule has 1 aromatic carbocycles. The molecule has 5 nitrogen and oxygen atoms in total. The second-order valence-electron chi connectivity index (χ2n) is 6.31. The first-order valence-corrected chi connectivity index (χ1v) is 8.30. The van der Waals surface area contributed by atoms with Crippen molar-refractivity contribution < 1.29 is 9.53 Å². The zero-order valence-corrected chi connectivity index (χ0v) is 14.1. The fraction of sp³-hybridized carbons (Fsp3) is 0.368. The minimum atomic E-state index is 0.0219. The van der Waals surface area contributed by atoms with E-state index in [2.05, 4.69) is 47.7 Å². The van der Waals surface area contributed by atoms with E-state index >= 15 is 0 Å². The number of hydrogen-bond donors (Lipinski definition) is 2. The summed E-state index contributed by atoms with van der Waals surface area (Å²) in [7, 11) is 0. The molecule has 2 heterocycles. The van der Waals surface area contributed by atoms with Gasteiger partial charge in [-0.1, -0.05) is 6.07 Å². The van der Waals surface area contributed by atoms with Crippen molar-refractivity contribution in [3.05, 3.63) is 47.7 Å². The summed E-state index contributed by atoms with van der Waals surface area (Å²) in [6.45, 7) is 5.46. The van der Waals surface area contributed by atoms with Gasteiger partial charge in [-0.05, 0) is 62.1 Å². The number of benzene rings is 1. The van der Waals surface area contributed by atoms with E-state index in [0.29, 0.717) is 19.0 Å². The molecule has 2 N–H and O–H groups in total. The Morgan fingerprint density at radius 2 is 1.79 bits per heavy atom. The van der Waals surface area contributed by atoms with Crippen LogP contribution in [0.1, 0.15) is 24.0 Å². The molecule has 1 fully saturated rings. The first-order valence-electron chi connectivity index (χ1n) is 8.30. The van der Waals surface area contributed by atoms with E-state index in [0.717, 1.165) is 24.2 Å². The minimum Gasteiger partial charge on any atom is -0.381 e. The largest absolute Gasteiger partial charge is 0.381 e. The van der Waals surface area contributed by atoms with Crippen LogP contribution in [0, 0.1) is 19.8 Å². The van der Waals surface area contributed by atoms with Gasteiger partial charge in [-0.3, -0.25) is 4.79 Å². The molecule has 126 valence electrons. The van der Waals surface area contributed by atoms with Crippen molar-refractivity contribution in [1.82, 2.24) is 4.98 Å². The number of aromatic nitrogens is 1. The van der Waals surface area contributed by atoms with Crippen molar-refractivity contribution >= 4 is 23.1 Å². The van der Waals surface area contributed by atoms with Gasteiger partial charge in [-0.2, -0.15) is 0 Å². The number of amides is 1. The normalized spacial score (nSPS) is 15.1. The zero-order chi connectivity index (χ0) is 16.9. The Morgan fingerprint density at radius 3 is 2.42 bits per heavy atom. The third kappa shape index (κ3) is 4.32. The summed E-state index contributed by atoms with van der Waals surface area (Å²) in [5, 5.41) is 6.23. The van der Waals surface area contributed by atoms with Crippen molar-refractivity contribution in [1.29, 1.82) is 0 Å². The van der Waals surface area contributed by atoms with Crippen LogP contribution in [-0.4, -0.2) is 24.1 Å². The van der Waals surface area contributed by atoms with E-state index in [9.17, 15) is 4.79 Å². The molecule has 0 spiro atoms. The Kier molecular flexibility index (Phi) is 5.11. The van der Waals surface area contributed by atoms with Gasteiger partial charge in [-0.25, -0.2) is 4.98 Å². The molecule has 5 heteroatoms. The number of aryl methyl sites for hydroxylation is 2. The lowest BCUT2D eigenvalue weighted by molar-refractivity contribution is -0.122. The first kappa shape index (κ1) is 16.5. The summed E-state index contributed by atoms with van der Waals surface area (Å²) in [6, 6.07) is 10.1. The lowest BCUT2D eigenvalue weighted by atomic mass is 9.99. The fourth-order valence-corrected chi connectivity index (χ4v) is 2.94. The predicted octanol–water partition coefficient (Wildman–Crippen LogP) is 3.81. The average Bonchev–Trinajstić information content (AvgIpc) is 2.56. The van der Waals surface area contributed by atoms with Crippen LogP contribution in [0.4, 0.5) is 17.2 Å². The van der Waals surface area contributed by atoms with Crippen molar-refractivity contribution in [3.8, 4) is 0 Å². The molecular formula is C19H23N3O2. The molecule has 0 radical (unpaired) electrons. The molecule has 2 aromatic rings. The van der Waals surface area contributed by atoms with Gasteiger partial charge in [0, 0.05) is 24.8 Å². The van der Waals surface area contributed by atoms with Crippen LogP contribution in [0.2, 0.25) is 0 Å². The Bertz CT molecular complexity index is 687. The van der Waals surface area contributed by atoms with E-state index in [1.807, 2.05) is 12.1 Å². The maximum Gasteiger partial charge on any atom is 0.228 e. The molecule has 0 aliphatic carbocycles. The molecule has 1 amide bonds. The fourth-order valence-electron chi connectivity index (χ4n) is 2.94. The van der Waals surface area contributed by atoms with Crippen molar-refractivity contribution in [2.75, 3.05) is 23.8 Å². The molecule has 0 unspecified atom stereocenters. The second kappa shape index (κ2) is 7.45. The van der Waals surface area contributed by atoms with Gasteiger partial charge >= 0.3 is 0 Å². The van der Waals surface area contributed by atoms with Gasteiger partial charge in [-0.15, -0.1) is 0 Å². The summed E-state index contributed by atoms with van der Waals surface area (Å²) in [4.78, 5) is 16.5. The van der Waals surface area contributed by atoms with E-state index in [1.165, 1.54) is 11.1 Å². The van der Waals surface area contributed by atoms with Crippen LogP contribution in [0.5, 0.6) is 0 Å². The Morgan fingerprint density at radius 1 is 1.08 bits per heavy atom. The number of ether oxygens (including phenoxy) is 1. The van der Waals surface area contributed by atoms with E-state index in [-0.39, 0.29) is 11.8 Å². The summed E-state index contributed by atoms with van der Waals surface area (Å²) in [5.41, 5.74) is 4.36. The molecule has 1 aromatic heterocycles. The third-order valence-corrected chi connectivity index (χ3v) is 4.12. The summed E-state index contributed by atoms with van der Waals surface area (Å²) in [5.74, 6) is 0.631. The lowest BCUT2D eigenvalue weighted by Gasteiger charge is -2.20. The van der Waals surface area contributed by atoms with E-state index < -0.39 is 0 Å². The summed E-state index contributed by atoms with van der Waals surface area (Å²) in [6.07, 6.45) is 3.29. The number of nitrogens with one attached hydrogen (secondary N) is 2. The number of nitrogens with zero attached hydrogens (tertiary/aromatic N) is 1. The van der Waals surface area contributed by atoms with Crippen LogP contribution in [0.25, 0.3) is 0 Å². The van der Waals surface area contributed by atoms with Gasteiger partial charge < -0.3 is 15.4 Å². The monoisotopic (exact) mass is 325 g/mol. The number of anilines is 3. The highest BCUT2D eigenvalue weighted by Crippen LogP contribution is 2.21. The third-order valence-electron chi connectivity index (χ3n) is 4.12. The highest BCUT2D eigenvalue weighted by Gasteiger charge is 2.21. The molecule has 0 saturated carbocycles. The molecule has 24 heavy (non-hydrogen) atoms. The summed E-state index contributed by atoms with van der Waals surface area (Å²) >= 11 is 0. The zero-order valence-electron chi connectivity index (χ0n) is 14.1. The smallest absolute Gasteiger partial charge is 0.228 e. The molecule has 1 aliphatic rings. The molecular weight excluding hydrogens is 302 g/mol. The maximum absolute atomic E-state index is 12.2. The lowest BCUT2D eigenvalue weighted by Crippen LogP contribution is -2.28. The maximum atomic E-state index is 12.2. The predicted molar refractivity (Wildman–Crippen MR) is 95.6 cm³/mol. The van der Waals surface area contributed by atoms with Crippen molar-refractivity contribution in [2.24, 2.45) is 5.92 Å². The first-order chi connectivity index (χ1) is 11.6. The quantitative estimate of drug-likeness (QED) is 0.897. The number of pyridine rings is 1. The van der Waals surface area contributed by atoms with Gasteiger partial charge in [0.1, 0.15) is 5.82 Å². The number of carbonyl (C=O) groups is 1. The van der Waals surface area contributed by atoms with Crippen molar-refractivity contribution in [3.63, 3.8) is 0 Å². The van der Waals surface area contributed by atoms with Gasteiger partial charge in [0.15, 0.2) is 0 Å². The highest BCUT2D eigenvalue weighted by molar-refractivity contribution is 5.91. The van der Waals surface area contributed by atoms with Crippen molar-refractivity contribution in [2.45, 2.75) is 26.7 Å². The molecule has 1 aliphatic heterocycles. The number of hydrogen-bond acceptors (Lipinski definition) is 4. The van der Waals surface area contributed by atoms with E-state index in [4.69, 9.17) is 4.74 Å². The van der Waals surface area contributed by atoms with E-state index in [1.54, 1.807) is 6.20 Å². The summed E-state index contributed by atoms with van der Waals surface area (Å²) < 4.78 is 5.29. The van der Waals surface area contributed by atoms with Crippen LogP contribution >= 0.6 is 0 Å². The average molecular weight is 325 g/mol. The number of carbonyl (C=O) groups excluding carboxylic acids is 1. The second-order valence-corrected chi connectivity index (χ2v) is 6.31. The van der Waals surface area contributed by atoms with Crippen LogP contribution in [0.15, 0.2) is 36.5 Å². The molecule has 3 rings (SSSR count).